The van der Waals surface area contributed by atoms with E-state index < -0.39 is 6.17 Å². The number of fused-ring (bicyclic) bond motifs is 2. The highest BCUT2D eigenvalue weighted by atomic mass is 32.2. The number of para-hydroxylation sites is 1. The molecule has 0 unspecified atom stereocenters. The SMILES string of the molecule is CCCCCCSC1=NN2C(=c3ccccc3=N[C@@H]2c2ccccn2)C(=O)N1. The molecule has 0 bridgehead atoms. The molecule has 7 heteroatoms. The third kappa shape index (κ3) is 3.80. The van der Waals surface area contributed by atoms with E-state index in [0.29, 0.717) is 10.9 Å². The van der Waals surface area contributed by atoms with Crippen LogP contribution in [0.5, 0.6) is 0 Å². The molecule has 1 aromatic carbocycles. The summed E-state index contributed by atoms with van der Waals surface area (Å²) in [6, 6.07) is 13.4. The number of amides is 1. The molecule has 0 aliphatic carbocycles. The number of unbranched alkanes of at least 4 members (excludes halogenated alkanes) is 3. The average Bonchev–Trinajstić information content (AvgIpc) is 2.73. The molecular weight excluding hydrogens is 370 g/mol. The van der Waals surface area contributed by atoms with Crippen LogP contribution in [0, 0.1) is 0 Å². The third-order valence-corrected chi connectivity index (χ3v) is 5.65. The summed E-state index contributed by atoms with van der Waals surface area (Å²) in [6.45, 7) is 2.20. The van der Waals surface area contributed by atoms with Gasteiger partial charge in [0.15, 0.2) is 11.3 Å². The number of thioether (sulfide) groups is 1. The molecule has 1 aromatic heterocycles. The highest BCUT2D eigenvalue weighted by Crippen LogP contribution is 2.29. The molecule has 28 heavy (non-hydrogen) atoms. The van der Waals surface area contributed by atoms with E-state index in [1.807, 2.05) is 42.5 Å². The van der Waals surface area contributed by atoms with Crippen molar-refractivity contribution in [1.29, 1.82) is 0 Å². The summed E-state index contributed by atoms with van der Waals surface area (Å²) in [5, 5.41) is 11.6. The van der Waals surface area contributed by atoms with E-state index >= 15 is 0 Å². The van der Waals surface area contributed by atoms with Crippen molar-refractivity contribution in [2.24, 2.45) is 10.1 Å². The Labute approximate surface area is 168 Å². The molecule has 0 saturated heterocycles. The van der Waals surface area contributed by atoms with E-state index in [9.17, 15) is 4.79 Å². The van der Waals surface area contributed by atoms with Crippen LogP contribution < -0.4 is 15.9 Å². The summed E-state index contributed by atoms with van der Waals surface area (Å²) in [5.41, 5.74) is 1.29. The van der Waals surface area contributed by atoms with Crippen molar-refractivity contribution in [2.75, 3.05) is 5.75 Å². The minimum atomic E-state index is -0.451. The highest BCUT2D eigenvalue weighted by molar-refractivity contribution is 8.13. The average molecular weight is 394 g/mol. The first-order valence-corrected chi connectivity index (χ1v) is 10.7. The van der Waals surface area contributed by atoms with E-state index in [1.165, 1.54) is 19.3 Å². The Morgan fingerprint density at radius 3 is 2.79 bits per heavy atom. The molecule has 4 rings (SSSR count). The van der Waals surface area contributed by atoms with Gasteiger partial charge in [-0.25, -0.2) is 5.01 Å². The van der Waals surface area contributed by atoms with Gasteiger partial charge in [-0.1, -0.05) is 62.2 Å². The fourth-order valence-corrected chi connectivity index (χ4v) is 4.16. The number of carbonyl (C=O) groups is 1. The largest absolute Gasteiger partial charge is 0.298 e. The molecule has 2 aliphatic rings. The van der Waals surface area contributed by atoms with Crippen LogP contribution in [0.4, 0.5) is 0 Å². The van der Waals surface area contributed by atoms with Gasteiger partial charge in [0.25, 0.3) is 5.91 Å². The Hall–Kier alpha value is -2.67. The van der Waals surface area contributed by atoms with Gasteiger partial charge in [-0.3, -0.25) is 20.1 Å². The molecular formula is C21H23N5OS. The second-order valence-electron chi connectivity index (χ2n) is 6.74. The lowest BCUT2D eigenvalue weighted by atomic mass is 10.1. The first-order chi connectivity index (χ1) is 13.8. The van der Waals surface area contributed by atoms with E-state index in [1.54, 1.807) is 23.0 Å². The monoisotopic (exact) mass is 393 g/mol. The standard InChI is InChI=1S/C21H23N5OS/c1-2-3-4-9-14-28-21-24-20(27)18-15-10-5-6-11-16(15)23-19(26(18)25-21)17-12-7-8-13-22-17/h5-8,10-13,19H,2-4,9,14H2,1H3,(H,24,25,27)/t19-/m0/s1. The normalized spacial score (nSPS) is 18.0. The molecule has 0 fully saturated rings. The zero-order valence-electron chi connectivity index (χ0n) is 15.8. The summed E-state index contributed by atoms with van der Waals surface area (Å²) in [5.74, 6) is 0.791. The maximum absolute atomic E-state index is 13.0. The van der Waals surface area contributed by atoms with Crippen molar-refractivity contribution >= 4 is 28.5 Å². The summed E-state index contributed by atoms with van der Waals surface area (Å²) >= 11 is 1.59. The summed E-state index contributed by atoms with van der Waals surface area (Å²) in [7, 11) is 0. The molecule has 1 amide bonds. The number of nitrogens with zero attached hydrogens (tertiary/aromatic N) is 4. The number of nitrogens with one attached hydrogen (secondary N) is 1. The Morgan fingerprint density at radius 2 is 1.96 bits per heavy atom. The molecule has 0 radical (unpaired) electrons. The molecule has 1 N–H and O–H groups in total. The molecule has 0 saturated carbocycles. The van der Waals surface area contributed by atoms with Gasteiger partial charge in [0, 0.05) is 17.2 Å². The number of carbonyl (C=O) groups excluding carboxylic acids is 1. The second-order valence-corrected chi connectivity index (χ2v) is 7.82. The molecule has 144 valence electrons. The van der Waals surface area contributed by atoms with Crippen LogP contribution in [-0.4, -0.2) is 26.8 Å². The lowest BCUT2D eigenvalue weighted by molar-refractivity contribution is -0.116. The fourth-order valence-electron chi connectivity index (χ4n) is 3.31. The topological polar surface area (TPSA) is 70.0 Å². The van der Waals surface area contributed by atoms with Crippen LogP contribution in [0.15, 0.2) is 58.8 Å². The van der Waals surface area contributed by atoms with Crippen LogP contribution >= 0.6 is 11.8 Å². The number of aromatic nitrogens is 1. The number of pyridine rings is 1. The van der Waals surface area contributed by atoms with Gasteiger partial charge in [-0.15, -0.1) is 5.10 Å². The van der Waals surface area contributed by atoms with Crippen molar-refractivity contribution in [3.8, 4) is 0 Å². The van der Waals surface area contributed by atoms with Crippen LogP contribution in [0.1, 0.15) is 44.5 Å². The molecule has 1 atom stereocenters. The summed E-state index contributed by atoms with van der Waals surface area (Å²) < 4.78 is 0. The molecule has 2 aromatic rings. The maximum atomic E-state index is 13.0. The molecule has 2 aliphatic heterocycles. The number of hydrazone groups is 1. The van der Waals surface area contributed by atoms with E-state index in [2.05, 4.69) is 17.2 Å². The summed E-state index contributed by atoms with van der Waals surface area (Å²) in [4.78, 5) is 22.3. The third-order valence-electron chi connectivity index (χ3n) is 4.70. The van der Waals surface area contributed by atoms with Gasteiger partial charge >= 0.3 is 0 Å². The molecule has 6 nitrogen and oxygen atoms in total. The minimum Gasteiger partial charge on any atom is -0.298 e. The fraction of sp³-hybridized carbons (Fsp3) is 0.333. The molecule has 0 spiro atoms. The molecule has 3 heterocycles. The van der Waals surface area contributed by atoms with E-state index in [-0.39, 0.29) is 5.91 Å². The van der Waals surface area contributed by atoms with E-state index in [4.69, 9.17) is 10.1 Å². The van der Waals surface area contributed by atoms with Crippen molar-refractivity contribution in [1.82, 2.24) is 15.3 Å². The van der Waals surface area contributed by atoms with Gasteiger partial charge in [-0.05, 0) is 24.6 Å². The van der Waals surface area contributed by atoms with Crippen LogP contribution in [-0.2, 0) is 4.79 Å². The first-order valence-electron chi connectivity index (χ1n) is 9.68. The van der Waals surface area contributed by atoms with Crippen LogP contribution in [0.25, 0.3) is 5.70 Å². The first kappa shape index (κ1) is 18.7. The lowest BCUT2D eigenvalue weighted by Gasteiger charge is -2.33. The Bertz CT molecular complexity index is 1000. The zero-order chi connectivity index (χ0) is 19.3. The summed E-state index contributed by atoms with van der Waals surface area (Å²) in [6.07, 6.45) is 6.05. The van der Waals surface area contributed by atoms with Crippen molar-refractivity contribution in [3.05, 3.63) is 64.9 Å². The Morgan fingerprint density at radius 1 is 1.11 bits per heavy atom. The van der Waals surface area contributed by atoms with E-state index in [0.717, 1.165) is 28.4 Å². The van der Waals surface area contributed by atoms with Gasteiger partial charge < -0.3 is 0 Å². The predicted octanol–water partition coefficient (Wildman–Crippen LogP) is 2.54. The number of hydrogen-bond acceptors (Lipinski definition) is 6. The Kier molecular flexibility index (Phi) is 5.71. The van der Waals surface area contributed by atoms with Gasteiger partial charge in [-0.2, -0.15) is 0 Å². The highest BCUT2D eigenvalue weighted by Gasteiger charge is 2.34. The van der Waals surface area contributed by atoms with Gasteiger partial charge in [0.2, 0.25) is 0 Å². The number of rotatable bonds is 6. The van der Waals surface area contributed by atoms with Gasteiger partial charge in [0.1, 0.15) is 5.70 Å². The van der Waals surface area contributed by atoms with Crippen LogP contribution in [0.2, 0.25) is 0 Å². The quantitative estimate of drug-likeness (QED) is 0.766. The lowest BCUT2D eigenvalue weighted by Crippen LogP contribution is -2.50. The minimum absolute atomic E-state index is 0.144. The van der Waals surface area contributed by atoms with Crippen molar-refractivity contribution < 1.29 is 4.79 Å². The smallest absolute Gasteiger partial charge is 0.276 e. The zero-order valence-corrected chi connectivity index (χ0v) is 16.7. The van der Waals surface area contributed by atoms with Crippen LogP contribution in [0.3, 0.4) is 0 Å². The van der Waals surface area contributed by atoms with Crippen molar-refractivity contribution in [2.45, 2.75) is 38.8 Å². The number of benzene rings is 1. The predicted molar refractivity (Wildman–Crippen MR) is 112 cm³/mol. The second kappa shape index (κ2) is 8.56. The number of amidine groups is 1. The Balaban J connectivity index is 1.69. The van der Waals surface area contributed by atoms with Crippen molar-refractivity contribution in [3.63, 3.8) is 0 Å². The van der Waals surface area contributed by atoms with Gasteiger partial charge in [0.05, 0.1) is 11.1 Å². The number of hydrogen-bond donors (Lipinski definition) is 1. The maximum Gasteiger partial charge on any atom is 0.276 e.